The Kier molecular flexibility index (Phi) is 8.39. The number of benzene rings is 1. The number of sulfonamides is 1. The Hall–Kier alpha value is -2.70. The van der Waals surface area contributed by atoms with Crippen LogP contribution in [0.5, 0.6) is 0 Å². The first-order chi connectivity index (χ1) is 16.4. The first-order valence-electron chi connectivity index (χ1n) is 11.2. The van der Waals surface area contributed by atoms with Crippen LogP contribution in [0.2, 0.25) is 0 Å². The maximum Gasteiger partial charge on any atom is 0.417 e. The van der Waals surface area contributed by atoms with E-state index in [4.69, 9.17) is 0 Å². The van der Waals surface area contributed by atoms with Crippen LogP contribution in [0.3, 0.4) is 0 Å². The van der Waals surface area contributed by atoms with Gasteiger partial charge in [-0.3, -0.25) is 4.98 Å². The number of anilines is 1. The average molecular weight is 514 g/mol. The fraction of sp³-hybridized carbons (Fsp3) is 0.478. The number of amides is 2. The van der Waals surface area contributed by atoms with Crippen molar-refractivity contribution < 1.29 is 26.4 Å². The number of halogens is 3. The third kappa shape index (κ3) is 6.92. The van der Waals surface area contributed by atoms with Gasteiger partial charge in [0.15, 0.2) is 0 Å². The van der Waals surface area contributed by atoms with Crippen molar-refractivity contribution in [2.75, 3.05) is 38.5 Å². The summed E-state index contributed by atoms with van der Waals surface area (Å²) in [4.78, 5) is 17.8. The molecule has 0 saturated carbocycles. The smallest absolute Gasteiger partial charge is 0.337 e. The third-order valence-corrected chi connectivity index (χ3v) is 7.94. The number of urea groups is 1. The highest BCUT2D eigenvalue weighted by atomic mass is 32.2. The van der Waals surface area contributed by atoms with E-state index >= 15 is 0 Å². The normalized spacial score (nSPS) is 15.9. The van der Waals surface area contributed by atoms with E-state index in [9.17, 15) is 26.4 Å². The standard InChI is InChI=1S/C23H30F3N5O3S/c1-16-14-18(15-17(2)28-16)29-22(32)27-10-13-31-11-8-19(9-12-31)30(3)35(33,34)21-7-5-4-6-20(21)23(24,25)26/h4-7,14-15,19H,8-13H2,1-3H3,(H2,27,28,29,32). The maximum atomic E-state index is 13.3. The van der Waals surface area contributed by atoms with Gasteiger partial charge in [-0.15, -0.1) is 0 Å². The molecule has 1 aromatic carbocycles. The highest BCUT2D eigenvalue weighted by Gasteiger charge is 2.39. The highest BCUT2D eigenvalue weighted by molar-refractivity contribution is 7.89. The molecule has 1 fully saturated rings. The fourth-order valence-corrected chi connectivity index (χ4v) is 5.82. The summed E-state index contributed by atoms with van der Waals surface area (Å²) in [5.41, 5.74) is 1.10. The van der Waals surface area contributed by atoms with Crippen molar-refractivity contribution in [3.8, 4) is 0 Å². The lowest BCUT2D eigenvalue weighted by Gasteiger charge is -2.36. The predicted octanol–water partition coefficient (Wildman–Crippen LogP) is 3.62. The number of rotatable bonds is 7. The zero-order valence-electron chi connectivity index (χ0n) is 19.9. The number of nitrogens with zero attached hydrogens (tertiary/aromatic N) is 3. The third-order valence-electron chi connectivity index (χ3n) is 5.97. The molecule has 2 amide bonds. The molecule has 1 saturated heterocycles. The van der Waals surface area contributed by atoms with Gasteiger partial charge in [-0.05, 0) is 64.0 Å². The number of carbonyl (C=O) groups excluding carboxylic acids is 1. The van der Waals surface area contributed by atoms with Crippen LogP contribution in [0.25, 0.3) is 0 Å². The second kappa shape index (κ2) is 10.9. The van der Waals surface area contributed by atoms with E-state index < -0.39 is 32.7 Å². The van der Waals surface area contributed by atoms with E-state index in [-0.39, 0.29) is 6.03 Å². The molecule has 1 aliphatic heterocycles. The summed E-state index contributed by atoms with van der Waals surface area (Å²) < 4.78 is 67.0. The molecule has 12 heteroatoms. The first kappa shape index (κ1) is 26.9. The molecule has 0 bridgehead atoms. The summed E-state index contributed by atoms with van der Waals surface area (Å²) in [6, 6.07) is 7.04. The molecule has 3 rings (SSSR count). The molecule has 0 radical (unpaired) electrons. The zero-order valence-corrected chi connectivity index (χ0v) is 20.7. The second-order valence-electron chi connectivity index (χ2n) is 8.61. The highest BCUT2D eigenvalue weighted by Crippen LogP contribution is 2.35. The number of piperidine rings is 1. The molecule has 35 heavy (non-hydrogen) atoms. The Balaban J connectivity index is 1.49. The predicted molar refractivity (Wildman–Crippen MR) is 127 cm³/mol. The van der Waals surface area contributed by atoms with Gasteiger partial charge in [-0.25, -0.2) is 13.2 Å². The lowest BCUT2D eigenvalue weighted by atomic mass is 10.1. The molecule has 0 spiro atoms. The van der Waals surface area contributed by atoms with Crippen LogP contribution in [-0.4, -0.2) is 67.9 Å². The number of alkyl halides is 3. The largest absolute Gasteiger partial charge is 0.417 e. The minimum atomic E-state index is -4.76. The quantitative estimate of drug-likeness (QED) is 0.590. The van der Waals surface area contributed by atoms with Gasteiger partial charge in [-0.2, -0.15) is 17.5 Å². The summed E-state index contributed by atoms with van der Waals surface area (Å²) in [6.07, 6.45) is -3.81. The molecule has 2 heterocycles. The monoisotopic (exact) mass is 513 g/mol. The van der Waals surface area contributed by atoms with Gasteiger partial charge in [0.1, 0.15) is 0 Å². The molecular weight excluding hydrogens is 483 g/mol. The molecule has 2 aromatic rings. The van der Waals surface area contributed by atoms with Crippen molar-refractivity contribution in [2.45, 2.75) is 43.8 Å². The SMILES string of the molecule is Cc1cc(NC(=O)NCCN2CCC(N(C)S(=O)(=O)c3ccccc3C(F)(F)F)CC2)cc(C)n1. The topological polar surface area (TPSA) is 94.6 Å². The lowest BCUT2D eigenvalue weighted by Crippen LogP contribution is -2.47. The summed E-state index contributed by atoms with van der Waals surface area (Å²) in [6.45, 7) is 5.79. The summed E-state index contributed by atoms with van der Waals surface area (Å²) >= 11 is 0. The summed E-state index contributed by atoms with van der Waals surface area (Å²) in [5.74, 6) is 0. The molecule has 1 aliphatic rings. The van der Waals surface area contributed by atoms with Gasteiger partial charge in [0.05, 0.1) is 10.5 Å². The number of aromatic nitrogens is 1. The van der Waals surface area contributed by atoms with Gasteiger partial charge >= 0.3 is 12.2 Å². The number of hydrogen-bond acceptors (Lipinski definition) is 5. The van der Waals surface area contributed by atoms with Gasteiger partial charge < -0.3 is 15.5 Å². The number of nitrogens with one attached hydrogen (secondary N) is 2. The molecule has 1 aromatic heterocycles. The van der Waals surface area contributed by atoms with Gasteiger partial charge in [0.25, 0.3) is 0 Å². The van der Waals surface area contributed by atoms with Crippen molar-refractivity contribution in [1.82, 2.24) is 19.5 Å². The Bertz CT molecular complexity index is 1130. The molecular formula is C23H30F3N5O3S. The van der Waals surface area contributed by atoms with Crippen LogP contribution < -0.4 is 10.6 Å². The minimum absolute atomic E-state index is 0.334. The van der Waals surface area contributed by atoms with Gasteiger partial charge in [0, 0.05) is 43.3 Å². The van der Waals surface area contributed by atoms with Crippen molar-refractivity contribution >= 4 is 21.7 Å². The Morgan fingerprint density at radius 3 is 2.34 bits per heavy atom. The summed E-state index contributed by atoms with van der Waals surface area (Å²) in [5, 5.41) is 5.56. The van der Waals surface area contributed by atoms with E-state index in [2.05, 4.69) is 20.5 Å². The lowest BCUT2D eigenvalue weighted by molar-refractivity contribution is -0.139. The van der Waals surface area contributed by atoms with Crippen LogP contribution in [0.15, 0.2) is 41.3 Å². The van der Waals surface area contributed by atoms with Crippen molar-refractivity contribution in [3.05, 3.63) is 53.3 Å². The van der Waals surface area contributed by atoms with E-state index in [1.165, 1.54) is 19.2 Å². The number of carbonyl (C=O) groups is 1. The number of aryl methyl sites for hydroxylation is 2. The van der Waals surface area contributed by atoms with Crippen LogP contribution in [-0.2, 0) is 16.2 Å². The average Bonchev–Trinajstić information content (AvgIpc) is 2.78. The fourth-order valence-electron chi connectivity index (χ4n) is 4.19. The molecule has 0 atom stereocenters. The van der Waals surface area contributed by atoms with Crippen LogP contribution in [0, 0.1) is 13.8 Å². The van der Waals surface area contributed by atoms with Gasteiger partial charge in [0.2, 0.25) is 10.0 Å². The minimum Gasteiger partial charge on any atom is -0.337 e. The molecule has 192 valence electrons. The van der Waals surface area contributed by atoms with E-state index in [1.54, 1.807) is 12.1 Å². The first-order valence-corrected chi connectivity index (χ1v) is 12.7. The molecule has 8 nitrogen and oxygen atoms in total. The second-order valence-corrected chi connectivity index (χ2v) is 10.6. The van der Waals surface area contributed by atoms with Crippen molar-refractivity contribution in [1.29, 1.82) is 0 Å². The van der Waals surface area contributed by atoms with E-state index in [0.717, 1.165) is 27.8 Å². The number of likely N-dealkylation sites (tertiary alicyclic amines) is 1. The molecule has 0 unspecified atom stereocenters. The molecule has 0 aliphatic carbocycles. The zero-order chi connectivity index (χ0) is 25.8. The van der Waals surface area contributed by atoms with E-state index in [0.29, 0.717) is 44.7 Å². The Labute approximate surface area is 203 Å². The van der Waals surface area contributed by atoms with Crippen LogP contribution >= 0.6 is 0 Å². The van der Waals surface area contributed by atoms with Gasteiger partial charge in [-0.1, -0.05) is 12.1 Å². The van der Waals surface area contributed by atoms with E-state index in [1.807, 2.05) is 13.8 Å². The van der Waals surface area contributed by atoms with Crippen molar-refractivity contribution in [3.63, 3.8) is 0 Å². The number of hydrogen-bond donors (Lipinski definition) is 2. The summed E-state index contributed by atoms with van der Waals surface area (Å²) in [7, 11) is -2.98. The number of pyridine rings is 1. The van der Waals surface area contributed by atoms with Crippen molar-refractivity contribution in [2.24, 2.45) is 0 Å². The Morgan fingerprint density at radius 1 is 1.14 bits per heavy atom. The van der Waals surface area contributed by atoms with Crippen LogP contribution in [0.1, 0.15) is 29.8 Å². The van der Waals surface area contributed by atoms with Crippen LogP contribution in [0.4, 0.5) is 23.7 Å². The maximum absolute atomic E-state index is 13.3. The molecule has 2 N–H and O–H groups in total. The Morgan fingerprint density at radius 2 is 1.74 bits per heavy atom.